The van der Waals surface area contributed by atoms with Crippen LogP contribution in [0.3, 0.4) is 0 Å². The van der Waals surface area contributed by atoms with E-state index in [9.17, 15) is 13.6 Å². The Balaban J connectivity index is 0.000000791. The summed E-state index contributed by atoms with van der Waals surface area (Å²) in [5.41, 5.74) is 0.113. The van der Waals surface area contributed by atoms with Crippen molar-refractivity contribution in [1.29, 1.82) is 0 Å². The molecule has 14 heavy (non-hydrogen) atoms. The molecular weight excluding hydrogens is 186 g/mol. The van der Waals surface area contributed by atoms with Crippen LogP contribution in [0.15, 0.2) is 18.2 Å². The van der Waals surface area contributed by atoms with E-state index in [1.165, 1.54) is 19.1 Å². The van der Waals surface area contributed by atoms with Gasteiger partial charge in [0.05, 0.1) is 0 Å². The Morgan fingerprint density at radius 1 is 1.29 bits per heavy atom. The standard InChI is InChI=1S/C9H8F2O.C2H6/c1-6(12)5-7-3-2-4-8(10)9(7)11;1-2/h2-4H,5H2,1H3;1-2H3. The first kappa shape index (κ1) is 12.8. The maximum absolute atomic E-state index is 12.8. The molecule has 0 aliphatic rings. The number of carbonyl (C=O) groups is 1. The molecule has 0 amide bonds. The predicted octanol–water partition coefficient (Wildman–Crippen LogP) is 3.12. The van der Waals surface area contributed by atoms with Crippen molar-refractivity contribution in [2.45, 2.75) is 27.2 Å². The summed E-state index contributed by atoms with van der Waals surface area (Å²) in [5, 5.41) is 0. The van der Waals surface area contributed by atoms with Gasteiger partial charge in [-0.15, -0.1) is 0 Å². The van der Waals surface area contributed by atoms with Gasteiger partial charge in [0.25, 0.3) is 0 Å². The third-order valence-corrected chi connectivity index (χ3v) is 1.47. The Kier molecular flexibility index (Phi) is 5.68. The average Bonchev–Trinajstić information content (AvgIpc) is 2.16. The fraction of sp³-hybridized carbons (Fsp3) is 0.364. The first-order chi connectivity index (χ1) is 6.61. The molecule has 0 bridgehead atoms. The lowest BCUT2D eigenvalue weighted by molar-refractivity contribution is -0.116. The summed E-state index contributed by atoms with van der Waals surface area (Å²) in [5.74, 6) is -2.01. The minimum atomic E-state index is -0.923. The zero-order valence-corrected chi connectivity index (χ0v) is 8.60. The van der Waals surface area contributed by atoms with Gasteiger partial charge in [-0.3, -0.25) is 4.79 Å². The molecule has 0 fully saturated rings. The van der Waals surface area contributed by atoms with E-state index >= 15 is 0 Å². The maximum atomic E-state index is 12.8. The first-order valence-corrected chi connectivity index (χ1v) is 4.53. The van der Waals surface area contributed by atoms with E-state index in [0.717, 1.165) is 6.07 Å². The summed E-state index contributed by atoms with van der Waals surface area (Å²) in [6.07, 6.45) is -0.0520. The maximum Gasteiger partial charge on any atom is 0.162 e. The number of hydrogen-bond acceptors (Lipinski definition) is 1. The normalized spacial score (nSPS) is 8.93. The van der Waals surface area contributed by atoms with Crippen LogP contribution >= 0.6 is 0 Å². The molecule has 1 aromatic carbocycles. The number of benzene rings is 1. The molecule has 0 aromatic heterocycles. The molecule has 0 heterocycles. The number of halogens is 2. The highest BCUT2D eigenvalue weighted by molar-refractivity contribution is 5.78. The van der Waals surface area contributed by atoms with Crippen molar-refractivity contribution in [3.05, 3.63) is 35.4 Å². The Hall–Kier alpha value is -1.25. The Morgan fingerprint density at radius 3 is 2.36 bits per heavy atom. The molecule has 0 saturated carbocycles. The highest BCUT2D eigenvalue weighted by Gasteiger charge is 2.08. The topological polar surface area (TPSA) is 17.1 Å². The number of hydrogen-bond donors (Lipinski definition) is 0. The van der Waals surface area contributed by atoms with E-state index in [1.54, 1.807) is 0 Å². The zero-order valence-electron chi connectivity index (χ0n) is 8.60. The summed E-state index contributed by atoms with van der Waals surface area (Å²) in [6, 6.07) is 3.81. The minimum absolute atomic E-state index is 0.0520. The molecule has 0 saturated heterocycles. The lowest BCUT2D eigenvalue weighted by atomic mass is 10.1. The van der Waals surface area contributed by atoms with Crippen molar-refractivity contribution in [3.63, 3.8) is 0 Å². The highest BCUT2D eigenvalue weighted by atomic mass is 19.2. The quantitative estimate of drug-likeness (QED) is 0.716. The van der Waals surface area contributed by atoms with Gasteiger partial charge in [0.2, 0.25) is 0 Å². The van der Waals surface area contributed by atoms with Gasteiger partial charge >= 0.3 is 0 Å². The van der Waals surface area contributed by atoms with Crippen molar-refractivity contribution in [2.24, 2.45) is 0 Å². The largest absolute Gasteiger partial charge is 0.300 e. The molecule has 0 radical (unpaired) electrons. The number of rotatable bonds is 2. The van der Waals surface area contributed by atoms with Gasteiger partial charge in [-0.05, 0) is 18.6 Å². The van der Waals surface area contributed by atoms with Crippen LogP contribution in [-0.2, 0) is 11.2 Å². The fourth-order valence-electron chi connectivity index (χ4n) is 0.953. The Labute approximate surface area is 82.8 Å². The smallest absolute Gasteiger partial charge is 0.162 e. The number of Topliss-reactive ketones (excluding diaryl/α,β-unsaturated/α-hetero) is 1. The van der Waals surface area contributed by atoms with E-state index in [4.69, 9.17) is 0 Å². The second-order valence-electron chi connectivity index (χ2n) is 2.59. The van der Waals surface area contributed by atoms with Crippen LogP contribution < -0.4 is 0 Å². The number of ketones is 1. The van der Waals surface area contributed by atoms with Crippen molar-refractivity contribution in [3.8, 4) is 0 Å². The van der Waals surface area contributed by atoms with Crippen LogP contribution in [-0.4, -0.2) is 5.78 Å². The Bertz CT molecular complexity index is 308. The van der Waals surface area contributed by atoms with Crippen LogP contribution in [0.25, 0.3) is 0 Å². The lowest BCUT2D eigenvalue weighted by Gasteiger charge is -1.99. The third-order valence-electron chi connectivity index (χ3n) is 1.47. The molecule has 0 atom stereocenters. The summed E-state index contributed by atoms with van der Waals surface area (Å²) in [4.78, 5) is 10.6. The molecule has 78 valence electrons. The fourth-order valence-corrected chi connectivity index (χ4v) is 0.953. The van der Waals surface area contributed by atoms with Crippen molar-refractivity contribution in [2.75, 3.05) is 0 Å². The van der Waals surface area contributed by atoms with Crippen LogP contribution in [0.4, 0.5) is 8.78 Å². The van der Waals surface area contributed by atoms with Gasteiger partial charge in [0.15, 0.2) is 11.6 Å². The van der Waals surface area contributed by atoms with Crippen molar-refractivity contribution < 1.29 is 13.6 Å². The SMILES string of the molecule is CC.CC(=O)Cc1cccc(F)c1F. The first-order valence-electron chi connectivity index (χ1n) is 4.53. The van der Waals surface area contributed by atoms with Gasteiger partial charge in [-0.2, -0.15) is 0 Å². The highest BCUT2D eigenvalue weighted by Crippen LogP contribution is 2.11. The van der Waals surface area contributed by atoms with Gasteiger partial charge in [0, 0.05) is 6.42 Å². The Morgan fingerprint density at radius 2 is 1.86 bits per heavy atom. The van der Waals surface area contributed by atoms with E-state index in [-0.39, 0.29) is 17.8 Å². The van der Waals surface area contributed by atoms with Crippen LogP contribution in [0.5, 0.6) is 0 Å². The van der Waals surface area contributed by atoms with E-state index in [2.05, 4.69) is 0 Å². The second kappa shape index (κ2) is 6.24. The van der Waals surface area contributed by atoms with Gasteiger partial charge < -0.3 is 0 Å². The third kappa shape index (κ3) is 3.64. The van der Waals surface area contributed by atoms with E-state index < -0.39 is 11.6 Å². The summed E-state index contributed by atoms with van der Waals surface area (Å²) < 4.78 is 25.4. The van der Waals surface area contributed by atoms with E-state index in [1.807, 2.05) is 13.8 Å². The van der Waals surface area contributed by atoms with Gasteiger partial charge in [0.1, 0.15) is 5.78 Å². The summed E-state index contributed by atoms with van der Waals surface area (Å²) in [7, 11) is 0. The van der Waals surface area contributed by atoms with Crippen molar-refractivity contribution >= 4 is 5.78 Å². The molecule has 1 nitrogen and oxygen atoms in total. The minimum Gasteiger partial charge on any atom is -0.300 e. The molecule has 0 spiro atoms. The lowest BCUT2D eigenvalue weighted by Crippen LogP contribution is -2.00. The zero-order chi connectivity index (χ0) is 11.1. The molecular formula is C11H14F2O. The summed E-state index contributed by atoms with van der Waals surface area (Å²) in [6.45, 7) is 5.34. The molecule has 1 aromatic rings. The predicted molar refractivity (Wildman–Crippen MR) is 52.1 cm³/mol. The second-order valence-corrected chi connectivity index (χ2v) is 2.59. The van der Waals surface area contributed by atoms with Crippen molar-refractivity contribution in [1.82, 2.24) is 0 Å². The molecule has 0 unspecified atom stereocenters. The van der Waals surface area contributed by atoms with Gasteiger partial charge in [-0.25, -0.2) is 8.78 Å². The average molecular weight is 200 g/mol. The van der Waals surface area contributed by atoms with E-state index in [0.29, 0.717) is 0 Å². The molecule has 1 rings (SSSR count). The molecule has 0 aliphatic heterocycles. The van der Waals surface area contributed by atoms with Crippen LogP contribution in [0.2, 0.25) is 0 Å². The monoisotopic (exact) mass is 200 g/mol. The molecule has 3 heteroatoms. The molecule has 0 N–H and O–H groups in total. The van der Waals surface area contributed by atoms with Crippen LogP contribution in [0, 0.1) is 11.6 Å². The summed E-state index contributed by atoms with van der Waals surface area (Å²) >= 11 is 0. The molecule has 0 aliphatic carbocycles. The van der Waals surface area contributed by atoms with Crippen LogP contribution in [0.1, 0.15) is 26.3 Å². The number of carbonyl (C=O) groups excluding carboxylic acids is 1. The van der Waals surface area contributed by atoms with Gasteiger partial charge in [-0.1, -0.05) is 26.0 Å².